The summed E-state index contributed by atoms with van der Waals surface area (Å²) in [6, 6.07) is 0. The third kappa shape index (κ3) is 3.76. The molecule has 0 fully saturated rings. The molecule has 0 saturated heterocycles. The Morgan fingerprint density at radius 2 is 2.20 bits per heavy atom. The number of hydrogen-bond donors (Lipinski definition) is 2. The second-order valence-corrected chi connectivity index (χ2v) is 0.806. The van der Waals surface area contributed by atoms with E-state index >= 15 is 0 Å². The molecular weight excluding hydrogens is 82.1 g/mol. The molecular formula is C3H5NS. The predicted octanol–water partition coefficient (Wildman–Crippen LogP) is 1.08. The molecule has 2 heteroatoms. The monoisotopic (exact) mass is 87.0 g/mol. The van der Waals surface area contributed by atoms with Crippen LogP contribution in [0.15, 0.2) is 11.5 Å². The molecule has 0 amide bonds. The maximum Gasteiger partial charge on any atom is 0.0182 e. The van der Waals surface area contributed by atoms with Gasteiger partial charge in [0.25, 0.3) is 0 Å². The molecule has 1 N–H and O–H groups in total. The van der Waals surface area contributed by atoms with E-state index in [9.17, 15) is 0 Å². The van der Waals surface area contributed by atoms with Crippen molar-refractivity contribution >= 4 is 18.8 Å². The van der Waals surface area contributed by atoms with Gasteiger partial charge in [-0.1, -0.05) is 0 Å². The van der Waals surface area contributed by atoms with E-state index in [0.29, 0.717) is 0 Å². The van der Waals surface area contributed by atoms with E-state index < -0.39 is 0 Å². The fourth-order valence-electron chi connectivity index (χ4n) is 0.0430. The van der Waals surface area contributed by atoms with Crippen LogP contribution in [0.1, 0.15) is 0 Å². The van der Waals surface area contributed by atoms with Gasteiger partial charge in [0.1, 0.15) is 0 Å². The van der Waals surface area contributed by atoms with Crippen molar-refractivity contribution in [2.45, 2.75) is 0 Å². The zero-order chi connectivity index (χ0) is 4.12. The van der Waals surface area contributed by atoms with Crippen molar-refractivity contribution in [2.75, 3.05) is 0 Å². The molecule has 0 unspecified atom stereocenters. The van der Waals surface area contributed by atoms with Crippen molar-refractivity contribution in [3.05, 3.63) is 11.5 Å². The topological polar surface area (TPSA) is 23.9 Å². The molecule has 0 aromatic carbocycles. The summed E-state index contributed by atoms with van der Waals surface area (Å²) in [6.07, 6.45) is 2.70. The average Bonchev–Trinajstić information content (AvgIpc) is 1.41. The highest BCUT2D eigenvalue weighted by Crippen LogP contribution is 1.68. The van der Waals surface area contributed by atoms with Crippen molar-refractivity contribution in [1.29, 1.82) is 5.41 Å². The maximum atomic E-state index is 6.34. The average molecular weight is 87.1 g/mol. The summed E-state index contributed by atoms with van der Waals surface area (Å²) in [4.78, 5) is 0. The Bertz CT molecular complexity index is 48.9. The quantitative estimate of drug-likeness (QED) is 0.353. The zero-order valence-electron chi connectivity index (χ0n) is 2.68. The Kier molecular flexibility index (Phi) is 3.58. The lowest BCUT2D eigenvalue weighted by Gasteiger charge is -1.54. The summed E-state index contributed by atoms with van der Waals surface area (Å²) in [5.41, 5.74) is 0. The van der Waals surface area contributed by atoms with E-state index in [4.69, 9.17) is 5.41 Å². The third-order valence-corrected chi connectivity index (χ3v) is 0.354. The number of hydrogen-bond acceptors (Lipinski definition) is 2. The molecule has 28 valence electrons. The predicted molar refractivity (Wildman–Crippen MR) is 26.9 cm³/mol. The summed E-state index contributed by atoms with van der Waals surface area (Å²) in [5.74, 6) is 0. The molecule has 0 aromatic heterocycles. The lowest BCUT2D eigenvalue weighted by atomic mass is 10.7. The molecule has 0 atom stereocenters. The third-order valence-electron chi connectivity index (χ3n) is 0.182. The zero-order valence-corrected chi connectivity index (χ0v) is 3.57. The van der Waals surface area contributed by atoms with E-state index in [2.05, 4.69) is 12.6 Å². The summed E-state index contributed by atoms with van der Waals surface area (Å²) < 4.78 is 0. The van der Waals surface area contributed by atoms with Crippen molar-refractivity contribution in [3.63, 3.8) is 0 Å². The van der Waals surface area contributed by atoms with Gasteiger partial charge in [-0.05, 0) is 11.5 Å². The molecule has 0 bridgehead atoms. The second kappa shape index (κ2) is 3.76. The molecule has 5 heavy (non-hydrogen) atoms. The van der Waals surface area contributed by atoms with Crippen molar-refractivity contribution in [2.24, 2.45) is 0 Å². The lowest BCUT2D eigenvalue weighted by Crippen LogP contribution is -1.46. The summed E-state index contributed by atoms with van der Waals surface area (Å²) in [5, 5.41) is 7.85. The smallest absolute Gasteiger partial charge is 0.0182 e. The van der Waals surface area contributed by atoms with Gasteiger partial charge in [0.2, 0.25) is 0 Å². The van der Waals surface area contributed by atoms with Crippen LogP contribution < -0.4 is 0 Å². The summed E-state index contributed by atoms with van der Waals surface area (Å²) in [7, 11) is 0. The van der Waals surface area contributed by atoms with E-state index in [0.717, 1.165) is 0 Å². The van der Waals surface area contributed by atoms with Crippen molar-refractivity contribution < 1.29 is 0 Å². The molecule has 1 nitrogen and oxygen atoms in total. The highest BCUT2D eigenvalue weighted by molar-refractivity contribution is 7.83. The van der Waals surface area contributed by atoms with Gasteiger partial charge in [-0.25, -0.2) is 0 Å². The number of allylic oxidation sites excluding steroid dienone is 1. The largest absolute Gasteiger partial charge is 0.309 e. The first-order valence-corrected chi connectivity index (χ1v) is 1.73. The van der Waals surface area contributed by atoms with Crippen LogP contribution in [0.2, 0.25) is 0 Å². The molecule has 0 spiro atoms. The molecule has 0 radical (unpaired) electrons. The second-order valence-electron chi connectivity index (χ2n) is 0.508. The molecule has 0 aliphatic carbocycles. The van der Waals surface area contributed by atoms with Crippen LogP contribution in [-0.2, 0) is 0 Å². The van der Waals surface area contributed by atoms with Crippen LogP contribution in [0.25, 0.3) is 0 Å². The maximum absolute atomic E-state index is 6.34. The fraction of sp³-hybridized carbons (Fsp3) is 0. The Balaban J connectivity index is 2.92. The molecule has 0 aliphatic heterocycles. The highest BCUT2D eigenvalue weighted by Gasteiger charge is 1.44. The van der Waals surface area contributed by atoms with E-state index in [1.54, 1.807) is 0 Å². The Labute approximate surface area is 36.6 Å². The minimum Gasteiger partial charge on any atom is -0.309 e. The van der Waals surface area contributed by atoms with E-state index in [1.165, 1.54) is 17.7 Å². The standard InChI is InChI=1S/C3H5NS/c4-2-1-3-5/h1-5H/b3-1-,4-2?. The summed E-state index contributed by atoms with van der Waals surface area (Å²) >= 11 is 3.67. The first kappa shape index (κ1) is 4.76. The van der Waals surface area contributed by atoms with Crippen LogP contribution in [0.5, 0.6) is 0 Å². The Morgan fingerprint density at radius 1 is 1.60 bits per heavy atom. The molecule has 0 saturated carbocycles. The van der Waals surface area contributed by atoms with Crippen LogP contribution in [-0.4, -0.2) is 6.21 Å². The van der Waals surface area contributed by atoms with Gasteiger partial charge in [-0.3, -0.25) is 0 Å². The number of thiol groups is 1. The molecule has 0 heterocycles. The van der Waals surface area contributed by atoms with Crippen LogP contribution >= 0.6 is 12.6 Å². The normalized spacial score (nSPS) is 9.00. The van der Waals surface area contributed by atoms with Crippen molar-refractivity contribution in [1.82, 2.24) is 0 Å². The van der Waals surface area contributed by atoms with Crippen LogP contribution in [0, 0.1) is 5.41 Å². The van der Waals surface area contributed by atoms with Gasteiger partial charge in [0.05, 0.1) is 0 Å². The SMILES string of the molecule is N=C/C=C\S. The lowest BCUT2D eigenvalue weighted by molar-refractivity contribution is 1.58. The molecule has 0 aliphatic rings. The fourth-order valence-corrected chi connectivity index (χ4v) is 0.129. The summed E-state index contributed by atoms with van der Waals surface area (Å²) in [6.45, 7) is 0. The molecule has 0 aromatic rings. The van der Waals surface area contributed by atoms with Gasteiger partial charge in [-0.2, -0.15) is 12.6 Å². The van der Waals surface area contributed by atoms with Crippen LogP contribution in [0.3, 0.4) is 0 Å². The van der Waals surface area contributed by atoms with E-state index in [-0.39, 0.29) is 0 Å². The highest BCUT2D eigenvalue weighted by atomic mass is 32.1. The minimum absolute atomic E-state index is 1.17. The molecule has 0 rings (SSSR count). The van der Waals surface area contributed by atoms with Gasteiger partial charge in [0.15, 0.2) is 0 Å². The van der Waals surface area contributed by atoms with Crippen molar-refractivity contribution in [3.8, 4) is 0 Å². The first-order chi connectivity index (χ1) is 2.41. The van der Waals surface area contributed by atoms with Gasteiger partial charge < -0.3 is 5.41 Å². The van der Waals surface area contributed by atoms with Gasteiger partial charge in [0, 0.05) is 6.21 Å². The Morgan fingerprint density at radius 3 is 2.20 bits per heavy atom. The van der Waals surface area contributed by atoms with E-state index in [1.807, 2.05) is 0 Å². The van der Waals surface area contributed by atoms with Gasteiger partial charge >= 0.3 is 0 Å². The van der Waals surface area contributed by atoms with Crippen LogP contribution in [0.4, 0.5) is 0 Å². The number of rotatable bonds is 1. The van der Waals surface area contributed by atoms with Gasteiger partial charge in [-0.15, -0.1) is 0 Å². The Hall–Kier alpha value is -0.240. The minimum atomic E-state index is 1.17. The first-order valence-electron chi connectivity index (χ1n) is 1.21. The number of nitrogens with one attached hydrogen (secondary N) is 1.